The Morgan fingerprint density at radius 1 is 0.710 bits per heavy atom. The predicted octanol–water partition coefficient (Wildman–Crippen LogP) is 3.78. The Morgan fingerprint density at radius 3 is 1.87 bits per heavy atom. The van der Waals surface area contributed by atoms with E-state index in [9.17, 15) is 9.59 Å². The molecule has 0 radical (unpaired) electrons. The minimum absolute atomic E-state index is 0.303. The van der Waals surface area contributed by atoms with E-state index in [1.54, 1.807) is 68.4 Å². The lowest BCUT2D eigenvalue weighted by Gasteiger charge is -2.07. The second-order valence-corrected chi connectivity index (χ2v) is 6.54. The summed E-state index contributed by atoms with van der Waals surface area (Å²) < 4.78 is 0. The Balaban J connectivity index is 1.63. The molecule has 8 nitrogen and oxygen atoms in total. The van der Waals surface area contributed by atoms with Crippen molar-refractivity contribution in [1.29, 1.82) is 0 Å². The average Bonchev–Trinajstić information content (AvgIpc) is 2.82. The Kier molecular flexibility index (Phi) is 7.21. The first-order chi connectivity index (χ1) is 15.0. The number of para-hydroxylation sites is 1. The number of nitrogens with one attached hydrogen (secondary N) is 3. The fourth-order valence-corrected chi connectivity index (χ4v) is 2.56. The zero-order chi connectivity index (χ0) is 22.1. The molecule has 0 atom stereocenters. The molecule has 156 valence electrons. The zero-order valence-electron chi connectivity index (χ0n) is 17.2. The van der Waals surface area contributed by atoms with Gasteiger partial charge >= 0.3 is 6.03 Å². The summed E-state index contributed by atoms with van der Waals surface area (Å²) in [5, 5.41) is 10.9. The summed E-state index contributed by atoms with van der Waals surface area (Å²) in [6.07, 6.45) is 0. The average molecular weight is 414 g/mol. The van der Waals surface area contributed by atoms with Crippen LogP contribution in [0.5, 0.6) is 0 Å². The van der Waals surface area contributed by atoms with Crippen molar-refractivity contribution in [2.75, 3.05) is 5.32 Å². The van der Waals surface area contributed by atoms with Crippen LogP contribution in [-0.4, -0.2) is 28.3 Å². The summed E-state index contributed by atoms with van der Waals surface area (Å²) in [4.78, 5) is 28.6. The van der Waals surface area contributed by atoms with Gasteiger partial charge in [0.05, 0.1) is 22.8 Å². The van der Waals surface area contributed by atoms with Gasteiger partial charge in [-0.1, -0.05) is 42.5 Å². The van der Waals surface area contributed by atoms with E-state index < -0.39 is 6.03 Å². The van der Waals surface area contributed by atoms with Crippen molar-refractivity contribution in [1.82, 2.24) is 15.8 Å². The SMILES string of the molecule is C/C(=N\NC(=O)Nc1ccccc1)c1cccc(/C(C)=N/NC(=O)c2ccccc2)n1. The fraction of sp³-hybridized carbons (Fsp3) is 0.0870. The molecule has 3 rings (SSSR count). The van der Waals surface area contributed by atoms with Gasteiger partial charge in [-0.2, -0.15) is 10.2 Å². The Labute approximate surface area is 180 Å². The molecule has 8 heteroatoms. The number of nitrogens with zero attached hydrogens (tertiary/aromatic N) is 3. The largest absolute Gasteiger partial charge is 0.339 e. The Bertz CT molecular complexity index is 1110. The molecule has 0 fully saturated rings. The Hall–Kier alpha value is -4.33. The van der Waals surface area contributed by atoms with E-state index in [0.717, 1.165) is 0 Å². The summed E-state index contributed by atoms with van der Waals surface area (Å²) in [5.41, 5.74) is 8.36. The van der Waals surface area contributed by atoms with Gasteiger partial charge in [0.2, 0.25) is 0 Å². The predicted molar refractivity (Wildman–Crippen MR) is 121 cm³/mol. The quantitative estimate of drug-likeness (QED) is 0.422. The van der Waals surface area contributed by atoms with E-state index in [0.29, 0.717) is 34.1 Å². The first kappa shape index (κ1) is 21.4. The number of pyridine rings is 1. The van der Waals surface area contributed by atoms with Crippen molar-refractivity contribution in [2.45, 2.75) is 13.8 Å². The highest BCUT2D eigenvalue weighted by atomic mass is 16.2. The molecule has 0 saturated carbocycles. The highest BCUT2D eigenvalue weighted by molar-refractivity contribution is 6.02. The number of anilines is 1. The van der Waals surface area contributed by atoms with E-state index in [1.807, 2.05) is 24.3 Å². The molecule has 0 spiro atoms. The standard InChI is InChI=1S/C23H22N6O2/c1-16(26-28-22(30)18-10-5-3-6-11-18)20-14-9-15-21(25-20)17(2)27-29-23(31)24-19-12-7-4-8-13-19/h3-15H,1-2H3,(H,28,30)(H2,24,29,31)/b26-16+,27-17+. The van der Waals surface area contributed by atoms with Crippen LogP contribution >= 0.6 is 0 Å². The molecule has 3 aromatic rings. The zero-order valence-corrected chi connectivity index (χ0v) is 17.2. The lowest BCUT2D eigenvalue weighted by atomic mass is 10.2. The number of carbonyl (C=O) groups is 2. The number of hydrogen-bond donors (Lipinski definition) is 3. The van der Waals surface area contributed by atoms with Crippen LogP contribution in [0, 0.1) is 0 Å². The van der Waals surface area contributed by atoms with Crippen LogP contribution in [-0.2, 0) is 0 Å². The third kappa shape index (κ3) is 6.33. The molecule has 0 unspecified atom stereocenters. The van der Waals surface area contributed by atoms with Crippen molar-refractivity contribution >= 4 is 29.0 Å². The Morgan fingerprint density at radius 2 is 1.26 bits per heavy atom. The van der Waals surface area contributed by atoms with Gasteiger partial charge in [-0.05, 0) is 50.2 Å². The summed E-state index contributed by atoms with van der Waals surface area (Å²) >= 11 is 0. The summed E-state index contributed by atoms with van der Waals surface area (Å²) in [7, 11) is 0. The minimum Gasteiger partial charge on any atom is -0.307 e. The number of hydrogen-bond acceptors (Lipinski definition) is 5. The first-order valence-electron chi connectivity index (χ1n) is 9.57. The van der Waals surface area contributed by atoms with Gasteiger partial charge in [0.25, 0.3) is 5.91 Å². The summed E-state index contributed by atoms with van der Waals surface area (Å²) in [5.74, 6) is -0.303. The second kappa shape index (κ2) is 10.4. The van der Waals surface area contributed by atoms with Crippen LogP contribution in [0.1, 0.15) is 35.6 Å². The number of rotatable bonds is 6. The number of benzene rings is 2. The van der Waals surface area contributed by atoms with Gasteiger partial charge in [0, 0.05) is 11.3 Å². The molecule has 3 amide bonds. The monoisotopic (exact) mass is 414 g/mol. The molecule has 31 heavy (non-hydrogen) atoms. The van der Waals surface area contributed by atoms with E-state index in [1.165, 1.54) is 0 Å². The number of amides is 3. The molecule has 3 N–H and O–H groups in total. The molecule has 0 bridgehead atoms. The van der Waals surface area contributed by atoms with Crippen molar-refractivity contribution in [2.24, 2.45) is 10.2 Å². The molecule has 1 aromatic heterocycles. The minimum atomic E-state index is -0.455. The van der Waals surface area contributed by atoms with Gasteiger partial charge < -0.3 is 5.32 Å². The van der Waals surface area contributed by atoms with Crippen LogP contribution in [0.25, 0.3) is 0 Å². The maximum absolute atomic E-state index is 12.1. The van der Waals surface area contributed by atoms with Gasteiger partial charge in [0.15, 0.2) is 0 Å². The lowest BCUT2D eigenvalue weighted by molar-refractivity contribution is 0.0955. The third-order valence-corrected chi connectivity index (χ3v) is 4.21. The van der Waals surface area contributed by atoms with Gasteiger partial charge in [-0.25, -0.2) is 20.6 Å². The van der Waals surface area contributed by atoms with Crippen molar-refractivity contribution in [3.8, 4) is 0 Å². The smallest absolute Gasteiger partial charge is 0.307 e. The molecular weight excluding hydrogens is 392 g/mol. The number of aromatic nitrogens is 1. The van der Waals surface area contributed by atoms with Gasteiger partial charge in [0.1, 0.15) is 0 Å². The fourth-order valence-electron chi connectivity index (χ4n) is 2.56. The van der Waals surface area contributed by atoms with E-state index in [2.05, 4.69) is 31.4 Å². The lowest BCUT2D eigenvalue weighted by Crippen LogP contribution is -2.25. The van der Waals surface area contributed by atoms with Gasteiger partial charge in [-0.15, -0.1) is 0 Å². The summed E-state index contributed by atoms with van der Waals surface area (Å²) in [6, 6.07) is 22.8. The van der Waals surface area contributed by atoms with Crippen LogP contribution in [0.4, 0.5) is 10.5 Å². The number of urea groups is 1. The van der Waals surface area contributed by atoms with Crippen molar-refractivity contribution in [3.05, 3.63) is 95.8 Å². The molecule has 0 aliphatic carbocycles. The number of carbonyl (C=O) groups excluding carboxylic acids is 2. The molecule has 2 aromatic carbocycles. The second-order valence-electron chi connectivity index (χ2n) is 6.54. The van der Waals surface area contributed by atoms with E-state index in [4.69, 9.17) is 0 Å². The number of hydrazone groups is 2. The van der Waals surface area contributed by atoms with E-state index >= 15 is 0 Å². The normalized spacial score (nSPS) is 11.5. The van der Waals surface area contributed by atoms with Crippen LogP contribution in [0.2, 0.25) is 0 Å². The van der Waals surface area contributed by atoms with Crippen molar-refractivity contribution < 1.29 is 9.59 Å². The first-order valence-corrected chi connectivity index (χ1v) is 9.57. The van der Waals surface area contributed by atoms with Crippen LogP contribution in [0.15, 0.2) is 89.1 Å². The summed E-state index contributed by atoms with van der Waals surface area (Å²) in [6.45, 7) is 3.48. The van der Waals surface area contributed by atoms with Gasteiger partial charge in [-0.3, -0.25) is 4.79 Å². The maximum atomic E-state index is 12.1. The topological polar surface area (TPSA) is 108 Å². The highest BCUT2D eigenvalue weighted by Crippen LogP contribution is 2.05. The molecule has 0 saturated heterocycles. The molecule has 0 aliphatic rings. The molecular formula is C23H22N6O2. The highest BCUT2D eigenvalue weighted by Gasteiger charge is 2.07. The molecule has 0 aliphatic heterocycles. The molecule has 1 heterocycles. The maximum Gasteiger partial charge on any atom is 0.339 e. The van der Waals surface area contributed by atoms with Crippen molar-refractivity contribution in [3.63, 3.8) is 0 Å². The third-order valence-electron chi connectivity index (χ3n) is 4.21. The van der Waals surface area contributed by atoms with Crippen LogP contribution < -0.4 is 16.2 Å². The van der Waals surface area contributed by atoms with E-state index in [-0.39, 0.29) is 5.91 Å². The van der Waals surface area contributed by atoms with Crippen LogP contribution in [0.3, 0.4) is 0 Å².